The van der Waals surface area contributed by atoms with Crippen LogP contribution in [0.1, 0.15) is 6.42 Å². The fourth-order valence-electron chi connectivity index (χ4n) is 1.63. The van der Waals surface area contributed by atoms with Crippen LogP contribution in [-0.2, 0) is 4.79 Å². The maximum Gasteiger partial charge on any atom is 0.471 e. The first-order chi connectivity index (χ1) is 10.5. The largest absolute Gasteiger partial charge is 0.471 e. The molecule has 0 unspecified atom stereocenters. The zero-order chi connectivity index (χ0) is 16.0. The van der Waals surface area contributed by atoms with Gasteiger partial charge in [0, 0.05) is 18.0 Å². The minimum absolute atomic E-state index is 0.0369. The van der Waals surface area contributed by atoms with Gasteiger partial charge in [-0.05, 0) is 18.6 Å². The van der Waals surface area contributed by atoms with Crippen molar-refractivity contribution in [1.82, 2.24) is 20.1 Å². The monoisotopic (exact) mass is 330 g/mol. The van der Waals surface area contributed by atoms with Gasteiger partial charge < -0.3 is 5.32 Å². The fraction of sp³-hybridized carbons (Fsp3) is 0.308. The van der Waals surface area contributed by atoms with Crippen molar-refractivity contribution in [2.24, 2.45) is 0 Å². The second-order valence-corrected chi connectivity index (χ2v) is 5.34. The molecule has 0 atom stereocenters. The third-order valence-corrected chi connectivity index (χ3v) is 3.68. The molecule has 5 nitrogen and oxygen atoms in total. The Labute approximate surface area is 128 Å². The molecular formula is C13H13F3N4OS. The lowest BCUT2D eigenvalue weighted by Crippen LogP contribution is -2.37. The van der Waals surface area contributed by atoms with Crippen molar-refractivity contribution in [3.8, 4) is 5.69 Å². The molecule has 1 aromatic carbocycles. The number of rotatable bonds is 6. The first kappa shape index (κ1) is 16.3. The number of carbonyl (C=O) groups is 1. The van der Waals surface area contributed by atoms with Crippen LogP contribution in [-0.4, -0.2) is 39.1 Å². The number of halogens is 3. The fourth-order valence-corrected chi connectivity index (χ4v) is 2.49. The van der Waals surface area contributed by atoms with Gasteiger partial charge >= 0.3 is 12.1 Å². The van der Waals surface area contributed by atoms with Gasteiger partial charge in [0.25, 0.3) is 0 Å². The standard InChI is InChI=1S/C13H13F3N4OS/c14-13(15,16)11(21)17-7-4-8-22-12-19-18-9-20(12)10-5-2-1-3-6-10/h1-3,5-6,9H,4,7-8H2,(H,17,21). The van der Waals surface area contributed by atoms with Crippen molar-refractivity contribution in [2.45, 2.75) is 17.8 Å². The van der Waals surface area contributed by atoms with Crippen LogP contribution in [0.5, 0.6) is 0 Å². The van der Waals surface area contributed by atoms with E-state index in [0.717, 1.165) is 5.69 Å². The van der Waals surface area contributed by atoms with Crippen molar-refractivity contribution in [3.05, 3.63) is 36.7 Å². The molecule has 0 saturated heterocycles. The van der Waals surface area contributed by atoms with E-state index in [1.807, 2.05) is 35.6 Å². The molecular weight excluding hydrogens is 317 g/mol. The summed E-state index contributed by atoms with van der Waals surface area (Å²) in [6, 6.07) is 9.46. The Hall–Kier alpha value is -2.03. The SMILES string of the molecule is O=C(NCCCSc1nncn1-c1ccccc1)C(F)(F)F. The summed E-state index contributed by atoms with van der Waals surface area (Å²) in [5.74, 6) is -1.39. The quantitative estimate of drug-likeness (QED) is 0.653. The molecule has 0 spiro atoms. The second kappa shape index (κ2) is 7.30. The molecule has 1 amide bonds. The Morgan fingerprint density at radius 2 is 2.00 bits per heavy atom. The molecule has 0 radical (unpaired) electrons. The van der Waals surface area contributed by atoms with Crippen molar-refractivity contribution in [1.29, 1.82) is 0 Å². The van der Waals surface area contributed by atoms with Gasteiger partial charge in [0.15, 0.2) is 5.16 Å². The minimum Gasteiger partial charge on any atom is -0.348 e. The van der Waals surface area contributed by atoms with Gasteiger partial charge in [-0.25, -0.2) is 0 Å². The molecule has 1 aromatic heterocycles. The summed E-state index contributed by atoms with van der Waals surface area (Å²) < 4.78 is 37.7. The number of hydrogen-bond acceptors (Lipinski definition) is 4. The van der Waals surface area contributed by atoms with Gasteiger partial charge in [0.05, 0.1) is 0 Å². The molecule has 1 heterocycles. The number of hydrogen-bond donors (Lipinski definition) is 1. The Kier molecular flexibility index (Phi) is 5.42. The van der Waals surface area contributed by atoms with Crippen LogP contribution in [0.3, 0.4) is 0 Å². The van der Waals surface area contributed by atoms with Crippen LogP contribution in [0, 0.1) is 0 Å². The van der Waals surface area contributed by atoms with Gasteiger partial charge in [-0.1, -0.05) is 30.0 Å². The van der Waals surface area contributed by atoms with E-state index in [1.165, 1.54) is 11.8 Å². The summed E-state index contributed by atoms with van der Waals surface area (Å²) in [6.45, 7) is -0.0369. The average molecular weight is 330 g/mol. The smallest absolute Gasteiger partial charge is 0.348 e. The van der Waals surface area contributed by atoms with Crippen LogP contribution in [0.2, 0.25) is 0 Å². The lowest BCUT2D eigenvalue weighted by molar-refractivity contribution is -0.173. The van der Waals surface area contributed by atoms with E-state index in [2.05, 4.69) is 10.2 Å². The molecule has 22 heavy (non-hydrogen) atoms. The Morgan fingerprint density at radius 1 is 1.27 bits per heavy atom. The number of thioether (sulfide) groups is 1. The summed E-state index contributed by atoms with van der Waals surface area (Å²) in [7, 11) is 0. The molecule has 2 rings (SSSR count). The molecule has 0 aliphatic heterocycles. The summed E-state index contributed by atoms with van der Waals surface area (Å²) in [5.41, 5.74) is 0.903. The van der Waals surface area contributed by atoms with Crippen LogP contribution in [0.15, 0.2) is 41.8 Å². The topological polar surface area (TPSA) is 59.8 Å². The summed E-state index contributed by atoms with van der Waals surface area (Å²) in [4.78, 5) is 10.6. The van der Waals surface area contributed by atoms with Gasteiger partial charge in [0.2, 0.25) is 0 Å². The predicted molar refractivity (Wildman–Crippen MR) is 75.8 cm³/mol. The maximum absolute atomic E-state index is 12.0. The molecule has 118 valence electrons. The number of nitrogens with zero attached hydrogens (tertiary/aromatic N) is 3. The van der Waals surface area contributed by atoms with Crippen LogP contribution in [0.4, 0.5) is 13.2 Å². The number of alkyl halides is 3. The summed E-state index contributed by atoms with van der Waals surface area (Å²) in [5, 5.41) is 10.3. The van der Waals surface area contributed by atoms with Gasteiger partial charge in [-0.3, -0.25) is 9.36 Å². The highest BCUT2D eigenvalue weighted by Crippen LogP contribution is 2.20. The molecule has 9 heteroatoms. The van der Waals surface area contributed by atoms with E-state index in [9.17, 15) is 18.0 Å². The van der Waals surface area contributed by atoms with E-state index in [1.54, 1.807) is 10.9 Å². The highest BCUT2D eigenvalue weighted by Gasteiger charge is 2.38. The number of nitrogens with one attached hydrogen (secondary N) is 1. The van der Waals surface area contributed by atoms with Gasteiger partial charge in [0.1, 0.15) is 6.33 Å². The summed E-state index contributed by atoms with van der Waals surface area (Å²) >= 11 is 1.36. The van der Waals surface area contributed by atoms with Crippen molar-refractivity contribution < 1.29 is 18.0 Å². The second-order valence-electron chi connectivity index (χ2n) is 4.27. The van der Waals surface area contributed by atoms with E-state index in [0.29, 0.717) is 17.3 Å². The predicted octanol–water partition coefficient (Wildman–Crippen LogP) is 2.43. The van der Waals surface area contributed by atoms with Crippen LogP contribution >= 0.6 is 11.8 Å². The van der Waals surface area contributed by atoms with Crippen molar-refractivity contribution in [2.75, 3.05) is 12.3 Å². The molecule has 1 N–H and O–H groups in total. The highest BCUT2D eigenvalue weighted by molar-refractivity contribution is 7.99. The van der Waals surface area contributed by atoms with E-state index in [-0.39, 0.29) is 6.54 Å². The normalized spacial score (nSPS) is 11.4. The third-order valence-electron chi connectivity index (χ3n) is 2.65. The van der Waals surface area contributed by atoms with Crippen molar-refractivity contribution in [3.63, 3.8) is 0 Å². The average Bonchev–Trinajstić information content (AvgIpc) is 2.95. The molecule has 0 saturated carbocycles. The Balaban J connectivity index is 1.79. The van der Waals surface area contributed by atoms with E-state index in [4.69, 9.17) is 0 Å². The molecule has 0 aliphatic carbocycles. The van der Waals surface area contributed by atoms with E-state index < -0.39 is 12.1 Å². The Bertz CT molecular complexity index is 615. The van der Waals surface area contributed by atoms with E-state index >= 15 is 0 Å². The van der Waals surface area contributed by atoms with Gasteiger partial charge in [-0.15, -0.1) is 10.2 Å². The molecule has 2 aromatic rings. The van der Waals surface area contributed by atoms with Crippen LogP contribution in [0.25, 0.3) is 5.69 Å². The molecule has 0 bridgehead atoms. The third kappa shape index (κ3) is 4.48. The lowest BCUT2D eigenvalue weighted by Gasteiger charge is -2.08. The first-order valence-electron chi connectivity index (χ1n) is 6.42. The van der Waals surface area contributed by atoms with Crippen molar-refractivity contribution >= 4 is 17.7 Å². The molecule has 0 aliphatic rings. The summed E-state index contributed by atoms with van der Waals surface area (Å²) in [6.07, 6.45) is -2.86. The van der Waals surface area contributed by atoms with Gasteiger partial charge in [-0.2, -0.15) is 13.2 Å². The highest BCUT2D eigenvalue weighted by atomic mass is 32.2. The molecule has 0 fully saturated rings. The Morgan fingerprint density at radius 3 is 2.68 bits per heavy atom. The number of para-hydroxylation sites is 1. The minimum atomic E-state index is -4.83. The number of carbonyl (C=O) groups excluding carboxylic acids is 1. The van der Waals surface area contributed by atoms with Crippen LogP contribution < -0.4 is 5.32 Å². The number of aromatic nitrogens is 3. The zero-order valence-corrected chi connectivity index (χ0v) is 12.2. The lowest BCUT2D eigenvalue weighted by atomic mass is 10.3. The zero-order valence-electron chi connectivity index (χ0n) is 11.4. The maximum atomic E-state index is 12.0. The first-order valence-corrected chi connectivity index (χ1v) is 7.40. The number of benzene rings is 1. The number of amides is 1.